The molecule has 1 aromatic carbocycles. The Hall–Kier alpha value is -2.96. The normalized spacial score (nSPS) is 16.3. The summed E-state index contributed by atoms with van der Waals surface area (Å²) in [6, 6.07) is 14.1. The molecule has 31 heavy (non-hydrogen) atoms. The second-order valence-corrected chi connectivity index (χ2v) is 8.47. The number of rotatable bonds is 5. The van der Waals surface area contributed by atoms with E-state index in [0.717, 1.165) is 29.7 Å². The van der Waals surface area contributed by atoms with Crippen molar-refractivity contribution in [3.8, 4) is 12.0 Å². The van der Waals surface area contributed by atoms with Crippen LogP contribution >= 0.6 is 0 Å². The number of allylic oxidation sites excluding steroid dienone is 1. The van der Waals surface area contributed by atoms with Gasteiger partial charge >= 0.3 is 0 Å². The molecule has 2 aromatic rings. The van der Waals surface area contributed by atoms with Crippen LogP contribution in [0, 0.1) is 18.9 Å². The lowest BCUT2D eigenvalue weighted by Crippen LogP contribution is -2.41. The van der Waals surface area contributed by atoms with Crippen molar-refractivity contribution >= 4 is 17.5 Å². The average molecular weight is 413 g/mol. The minimum Gasteiger partial charge on any atom is -0.334 e. The largest absolute Gasteiger partial charge is 0.334 e. The standard InChI is InChI=1S/C27H32N4/c1-4-31-26(13-16-28-24-10-5-21(2)6-11-24)19-23-9-7-22(8-12-27(23)31)20-29-25-14-17-30(3)18-15-25/h5-8,10-12,19,25,28-29H,4,14-15,17-18,20H2,1-3H3. The Labute approximate surface area is 185 Å². The van der Waals surface area contributed by atoms with Crippen LogP contribution in [0.1, 0.15) is 31.0 Å². The molecule has 1 saturated heterocycles. The first kappa shape index (κ1) is 21.3. The van der Waals surface area contributed by atoms with Crippen molar-refractivity contribution in [2.24, 2.45) is 0 Å². The Morgan fingerprint density at radius 2 is 1.90 bits per heavy atom. The quantitative estimate of drug-likeness (QED) is 0.585. The zero-order valence-corrected chi connectivity index (χ0v) is 18.8. The molecular weight excluding hydrogens is 380 g/mol. The molecule has 4 rings (SSSR count). The molecule has 2 N–H and O–H groups in total. The van der Waals surface area contributed by atoms with Gasteiger partial charge in [0.05, 0.1) is 11.0 Å². The molecule has 1 aromatic heterocycles. The second-order valence-electron chi connectivity index (χ2n) is 8.47. The number of aromatic nitrogens is 1. The van der Waals surface area contributed by atoms with Crippen LogP contribution in [0.5, 0.6) is 0 Å². The number of anilines is 1. The van der Waals surface area contributed by atoms with Crippen LogP contribution in [0.3, 0.4) is 0 Å². The molecule has 1 aliphatic heterocycles. The highest BCUT2D eigenvalue weighted by Crippen LogP contribution is 2.09. The molecule has 4 heteroatoms. The minimum atomic E-state index is 0.614. The number of nitrogens with one attached hydrogen (secondary N) is 2. The van der Waals surface area contributed by atoms with Crippen molar-refractivity contribution in [1.29, 1.82) is 0 Å². The molecule has 2 aliphatic rings. The van der Waals surface area contributed by atoms with Gasteiger partial charge < -0.3 is 20.1 Å². The summed E-state index contributed by atoms with van der Waals surface area (Å²) in [5, 5.41) is 9.19. The Bertz CT molecular complexity index is 1160. The fourth-order valence-electron chi connectivity index (χ4n) is 4.10. The maximum Gasteiger partial charge on any atom is 0.0955 e. The van der Waals surface area contributed by atoms with Crippen molar-refractivity contribution in [2.45, 2.75) is 39.3 Å². The van der Waals surface area contributed by atoms with E-state index in [4.69, 9.17) is 0 Å². The van der Waals surface area contributed by atoms with E-state index in [9.17, 15) is 0 Å². The topological polar surface area (TPSA) is 32.2 Å². The lowest BCUT2D eigenvalue weighted by Gasteiger charge is -2.29. The van der Waals surface area contributed by atoms with Crippen LogP contribution in [0.2, 0.25) is 0 Å². The van der Waals surface area contributed by atoms with E-state index in [2.05, 4.69) is 95.1 Å². The Balaban J connectivity index is 1.47. The number of nitrogens with zero attached hydrogens (tertiary/aromatic N) is 2. The van der Waals surface area contributed by atoms with Gasteiger partial charge in [-0.2, -0.15) is 0 Å². The molecule has 0 spiro atoms. The van der Waals surface area contributed by atoms with E-state index < -0.39 is 0 Å². The summed E-state index contributed by atoms with van der Waals surface area (Å²) in [6.07, 6.45) is 8.99. The van der Waals surface area contributed by atoms with Crippen molar-refractivity contribution in [3.63, 3.8) is 0 Å². The molecule has 0 amide bonds. The van der Waals surface area contributed by atoms with E-state index >= 15 is 0 Å². The summed E-state index contributed by atoms with van der Waals surface area (Å²) < 4.78 is 2.25. The third-order valence-corrected chi connectivity index (χ3v) is 6.09. The summed E-state index contributed by atoms with van der Waals surface area (Å²) in [7, 11) is 2.20. The van der Waals surface area contributed by atoms with Gasteiger partial charge in [0, 0.05) is 36.1 Å². The van der Waals surface area contributed by atoms with Crippen LogP contribution in [0.4, 0.5) is 5.69 Å². The number of hydrogen-bond acceptors (Lipinski definition) is 3. The predicted molar refractivity (Wildman–Crippen MR) is 130 cm³/mol. The van der Waals surface area contributed by atoms with E-state index in [0.29, 0.717) is 6.04 Å². The number of benzene rings is 1. The highest BCUT2D eigenvalue weighted by Gasteiger charge is 2.15. The molecule has 2 heterocycles. The molecule has 0 unspecified atom stereocenters. The van der Waals surface area contributed by atoms with Gasteiger partial charge in [0.1, 0.15) is 0 Å². The second kappa shape index (κ2) is 9.90. The van der Waals surface area contributed by atoms with Crippen LogP contribution < -0.4 is 21.2 Å². The van der Waals surface area contributed by atoms with Crippen molar-refractivity contribution in [3.05, 3.63) is 69.9 Å². The molecule has 0 bridgehead atoms. The predicted octanol–water partition coefficient (Wildman–Crippen LogP) is 2.58. The van der Waals surface area contributed by atoms with Crippen LogP contribution in [0.15, 0.2) is 48.1 Å². The van der Waals surface area contributed by atoms with E-state index in [1.807, 2.05) is 12.1 Å². The minimum absolute atomic E-state index is 0.614. The average Bonchev–Trinajstić information content (AvgIpc) is 2.99. The Morgan fingerprint density at radius 3 is 2.65 bits per heavy atom. The van der Waals surface area contributed by atoms with Gasteiger partial charge in [0.2, 0.25) is 0 Å². The monoisotopic (exact) mass is 412 g/mol. The van der Waals surface area contributed by atoms with Gasteiger partial charge in [0.25, 0.3) is 0 Å². The number of likely N-dealkylation sites (tertiary alicyclic amines) is 1. The van der Waals surface area contributed by atoms with E-state index in [1.165, 1.54) is 42.4 Å². The summed E-state index contributed by atoms with van der Waals surface area (Å²) in [5.74, 6) is 3.28. The van der Waals surface area contributed by atoms with Crippen LogP contribution in [-0.2, 0) is 6.54 Å². The molecule has 1 fully saturated rings. The molecule has 0 atom stereocenters. The highest BCUT2D eigenvalue weighted by atomic mass is 15.1. The third kappa shape index (κ3) is 5.40. The van der Waals surface area contributed by atoms with Gasteiger partial charge in [-0.1, -0.05) is 23.8 Å². The molecular formula is C27H32N4. The highest BCUT2D eigenvalue weighted by molar-refractivity contribution is 5.52. The molecule has 160 valence electrons. The van der Waals surface area contributed by atoms with Crippen molar-refractivity contribution < 1.29 is 0 Å². The fourth-order valence-corrected chi connectivity index (χ4v) is 4.10. The fraction of sp³-hybridized carbons (Fsp3) is 0.370. The van der Waals surface area contributed by atoms with Crippen LogP contribution in [0.25, 0.3) is 11.8 Å². The zero-order chi connectivity index (χ0) is 21.6. The van der Waals surface area contributed by atoms with Gasteiger partial charge in [0.15, 0.2) is 0 Å². The number of fused-ring (bicyclic) bond motifs is 1. The lowest BCUT2D eigenvalue weighted by atomic mass is 10.1. The van der Waals surface area contributed by atoms with Gasteiger partial charge in [-0.25, -0.2) is 0 Å². The summed E-state index contributed by atoms with van der Waals surface area (Å²) >= 11 is 0. The van der Waals surface area contributed by atoms with E-state index in [1.54, 1.807) is 0 Å². The smallest absolute Gasteiger partial charge is 0.0955 e. The molecule has 4 nitrogen and oxygen atoms in total. The van der Waals surface area contributed by atoms with Crippen molar-refractivity contribution in [1.82, 2.24) is 14.8 Å². The lowest BCUT2D eigenvalue weighted by molar-refractivity contribution is 0.237. The Morgan fingerprint density at radius 1 is 1.13 bits per heavy atom. The van der Waals surface area contributed by atoms with Gasteiger partial charge in [-0.05, 0) is 88.7 Å². The van der Waals surface area contributed by atoms with Crippen molar-refractivity contribution in [2.75, 3.05) is 32.0 Å². The summed E-state index contributed by atoms with van der Waals surface area (Å²) in [4.78, 5) is 2.40. The Kier molecular flexibility index (Phi) is 6.79. The maximum atomic E-state index is 3.72. The first-order valence-electron chi connectivity index (χ1n) is 11.2. The summed E-state index contributed by atoms with van der Waals surface area (Å²) in [5.41, 5.74) is 8.03. The molecule has 0 saturated carbocycles. The van der Waals surface area contributed by atoms with E-state index in [-0.39, 0.29) is 0 Å². The first-order valence-corrected chi connectivity index (χ1v) is 11.2. The summed E-state index contributed by atoms with van der Waals surface area (Å²) in [6.45, 7) is 8.37. The number of hydrogen-bond donors (Lipinski definition) is 2. The van der Waals surface area contributed by atoms with Crippen LogP contribution in [-0.4, -0.2) is 42.2 Å². The zero-order valence-electron chi connectivity index (χ0n) is 18.8. The van der Waals surface area contributed by atoms with Gasteiger partial charge in [-0.15, -0.1) is 5.73 Å². The number of piperidine rings is 1. The molecule has 1 aliphatic carbocycles. The van der Waals surface area contributed by atoms with Gasteiger partial charge in [-0.3, -0.25) is 0 Å². The molecule has 0 radical (unpaired) electrons. The first-order chi connectivity index (χ1) is 15.1. The maximum absolute atomic E-state index is 3.72. The SMILES string of the molecule is CCn1c(C#CNc2ccc(C)cc2)cc2c1=CC=C(CNC1CCN(C)CC1)C=C=2. The number of aryl methyl sites for hydroxylation is 1. The third-order valence-electron chi connectivity index (χ3n) is 6.09.